The number of fused-ring (bicyclic) bond motifs is 1. The zero-order valence-corrected chi connectivity index (χ0v) is 13.0. The Labute approximate surface area is 139 Å². The predicted octanol–water partition coefficient (Wildman–Crippen LogP) is 4.19. The summed E-state index contributed by atoms with van der Waals surface area (Å²) in [6.45, 7) is 0. The quantitative estimate of drug-likeness (QED) is 0.586. The van der Waals surface area contributed by atoms with E-state index in [1.165, 1.54) is 23.5 Å². The van der Waals surface area contributed by atoms with Crippen LogP contribution in [0.15, 0.2) is 47.8 Å². The zero-order valence-electron chi connectivity index (χ0n) is 12.2. The van der Waals surface area contributed by atoms with Crippen LogP contribution in [-0.2, 0) is 0 Å². The molecule has 0 radical (unpaired) electrons. The number of nitrogens with zero attached hydrogens (tertiary/aromatic N) is 2. The van der Waals surface area contributed by atoms with E-state index in [1.54, 1.807) is 18.2 Å². The fourth-order valence-electron chi connectivity index (χ4n) is 2.57. The van der Waals surface area contributed by atoms with Crippen LogP contribution >= 0.6 is 11.3 Å². The second-order valence-corrected chi connectivity index (χ2v) is 6.09. The Hall–Kier alpha value is -3.06. The molecule has 5 nitrogen and oxygen atoms in total. The molecular weight excluding hydrogens is 329 g/mol. The van der Waals surface area contributed by atoms with Gasteiger partial charge in [0.25, 0.3) is 0 Å². The summed E-state index contributed by atoms with van der Waals surface area (Å²) in [4.78, 5) is 17.1. The van der Waals surface area contributed by atoms with Gasteiger partial charge in [0.1, 0.15) is 5.82 Å². The van der Waals surface area contributed by atoms with Gasteiger partial charge < -0.3 is 5.11 Å². The summed E-state index contributed by atoms with van der Waals surface area (Å²) in [5.41, 5.74) is 2.14. The first-order chi connectivity index (χ1) is 11.6. The molecule has 24 heavy (non-hydrogen) atoms. The van der Waals surface area contributed by atoms with Crippen molar-refractivity contribution in [2.45, 2.75) is 0 Å². The Balaban J connectivity index is 1.98. The van der Waals surface area contributed by atoms with Crippen molar-refractivity contribution in [3.8, 4) is 21.8 Å². The van der Waals surface area contributed by atoms with E-state index in [4.69, 9.17) is 0 Å². The highest BCUT2D eigenvalue weighted by Crippen LogP contribution is 2.32. The minimum atomic E-state index is -1.06. The molecule has 0 unspecified atom stereocenters. The van der Waals surface area contributed by atoms with Crippen molar-refractivity contribution in [3.63, 3.8) is 0 Å². The van der Waals surface area contributed by atoms with Gasteiger partial charge in [-0.15, -0.1) is 11.3 Å². The molecular formula is C17H10FN3O2S. The second-order valence-electron chi connectivity index (χ2n) is 5.14. The molecule has 0 aliphatic heterocycles. The maximum atomic E-state index is 13.1. The molecule has 0 spiro atoms. The molecule has 4 rings (SSSR count). The Morgan fingerprint density at radius 3 is 2.67 bits per heavy atom. The number of nitrogens with one attached hydrogen (secondary N) is 1. The molecule has 118 valence electrons. The largest absolute Gasteiger partial charge is 0.478 e. The minimum absolute atomic E-state index is 0.108. The van der Waals surface area contributed by atoms with E-state index in [1.807, 2.05) is 17.5 Å². The van der Waals surface area contributed by atoms with E-state index in [0.717, 1.165) is 4.88 Å². The van der Waals surface area contributed by atoms with Crippen LogP contribution in [0, 0.1) is 5.82 Å². The number of rotatable bonds is 3. The van der Waals surface area contributed by atoms with Crippen molar-refractivity contribution in [3.05, 3.63) is 59.2 Å². The number of thiophene rings is 1. The number of hydrogen-bond acceptors (Lipinski definition) is 4. The van der Waals surface area contributed by atoms with Gasteiger partial charge in [0.2, 0.25) is 0 Å². The number of carbonyl (C=O) groups is 1. The van der Waals surface area contributed by atoms with Crippen molar-refractivity contribution in [2.75, 3.05) is 0 Å². The lowest BCUT2D eigenvalue weighted by molar-refractivity contribution is 0.0699. The van der Waals surface area contributed by atoms with Gasteiger partial charge >= 0.3 is 5.97 Å². The highest BCUT2D eigenvalue weighted by Gasteiger charge is 2.20. The molecule has 0 aliphatic carbocycles. The average Bonchev–Trinajstić information content (AvgIpc) is 3.24. The van der Waals surface area contributed by atoms with Crippen LogP contribution in [-0.4, -0.2) is 26.3 Å². The fourth-order valence-corrected chi connectivity index (χ4v) is 3.25. The van der Waals surface area contributed by atoms with Crippen LogP contribution in [0.4, 0.5) is 4.39 Å². The van der Waals surface area contributed by atoms with E-state index in [9.17, 15) is 14.3 Å². The van der Waals surface area contributed by atoms with Crippen LogP contribution in [0.5, 0.6) is 0 Å². The van der Waals surface area contributed by atoms with Gasteiger partial charge in [0.15, 0.2) is 5.65 Å². The maximum absolute atomic E-state index is 13.1. The summed E-state index contributed by atoms with van der Waals surface area (Å²) in [6, 6.07) is 11.1. The van der Waals surface area contributed by atoms with Crippen molar-refractivity contribution in [1.82, 2.24) is 15.2 Å². The number of carboxylic acids is 1. The Bertz CT molecular complexity index is 1040. The van der Waals surface area contributed by atoms with Crippen molar-refractivity contribution < 1.29 is 14.3 Å². The minimum Gasteiger partial charge on any atom is -0.478 e. The van der Waals surface area contributed by atoms with Gasteiger partial charge in [-0.25, -0.2) is 14.2 Å². The summed E-state index contributed by atoms with van der Waals surface area (Å²) >= 11 is 1.47. The Morgan fingerprint density at radius 1 is 1.21 bits per heavy atom. The molecule has 2 N–H and O–H groups in total. The van der Waals surface area contributed by atoms with Crippen LogP contribution in [0.1, 0.15) is 10.4 Å². The van der Waals surface area contributed by atoms with Crippen LogP contribution in [0.3, 0.4) is 0 Å². The van der Waals surface area contributed by atoms with E-state index in [0.29, 0.717) is 28.0 Å². The lowest BCUT2D eigenvalue weighted by atomic mass is 10.0. The molecule has 3 aromatic heterocycles. The molecule has 0 aliphatic rings. The van der Waals surface area contributed by atoms with Crippen molar-refractivity contribution in [2.24, 2.45) is 0 Å². The molecule has 0 amide bonds. The molecule has 0 bridgehead atoms. The molecule has 4 aromatic rings. The van der Waals surface area contributed by atoms with Gasteiger partial charge in [0, 0.05) is 5.56 Å². The van der Waals surface area contributed by atoms with Crippen LogP contribution < -0.4 is 0 Å². The third kappa shape index (κ3) is 2.35. The SMILES string of the molecule is O=C(O)c1cc(-c2cccs2)nc2n[nH]c(-c3ccc(F)cc3)c12. The van der Waals surface area contributed by atoms with E-state index in [2.05, 4.69) is 15.2 Å². The van der Waals surface area contributed by atoms with Gasteiger partial charge in [-0.3, -0.25) is 5.10 Å². The molecule has 0 atom stereocenters. The fraction of sp³-hybridized carbons (Fsp3) is 0. The molecule has 0 fully saturated rings. The Morgan fingerprint density at radius 2 is 2.00 bits per heavy atom. The number of hydrogen-bond donors (Lipinski definition) is 2. The van der Waals surface area contributed by atoms with Crippen molar-refractivity contribution in [1.29, 1.82) is 0 Å². The normalized spacial score (nSPS) is 11.0. The van der Waals surface area contributed by atoms with Crippen LogP contribution in [0.2, 0.25) is 0 Å². The van der Waals surface area contributed by atoms with Gasteiger partial charge in [-0.05, 0) is 41.8 Å². The highest BCUT2D eigenvalue weighted by molar-refractivity contribution is 7.13. The molecule has 0 saturated carbocycles. The first-order valence-corrected chi connectivity index (χ1v) is 7.93. The van der Waals surface area contributed by atoms with Crippen molar-refractivity contribution >= 4 is 28.3 Å². The third-order valence-corrected chi connectivity index (χ3v) is 4.55. The summed E-state index contributed by atoms with van der Waals surface area (Å²) in [5, 5.41) is 18.9. The summed E-state index contributed by atoms with van der Waals surface area (Å²) in [7, 11) is 0. The number of H-pyrrole nitrogens is 1. The molecule has 0 saturated heterocycles. The summed E-state index contributed by atoms with van der Waals surface area (Å²) in [5.74, 6) is -1.43. The van der Waals surface area contributed by atoms with E-state index >= 15 is 0 Å². The monoisotopic (exact) mass is 339 g/mol. The lowest BCUT2D eigenvalue weighted by Crippen LogP contribution is -2.00. The number of halogens is 1. The molecule has 7 heteroatoms. The highest BCUT2D eigenvalue weighted by atomic mass is 32.1. The summed E-state index contributed by atoms with van der Waals surface area (Å²) < 4.78 is 13.1. The first-order valence-electron chi connectivity index (χ1n) is 7.06. The molecule has 3 heterocycles. The lowest BCUT2D eigenvalue weighted by Gasteiger charge is -2.04. The van der Waals surface area contributed by atoms with Gasteiger partial charge in [0.05, 0.1) is 27.2 Å². The second kappa shape index (κ2) is 5.54. The smallest absolute Gasteiger partial charge is 0.336 e. The number of aromatic carboxylic acids is 1. The number of aromatic amines is 1. The van der Waals surface area contributed by atoms with Gasteiger partial charge in [-0.2, -0.15) is 5.10 Å². The van der Waals surface area contributed by atoms with E-state index < -0.39 is 5.97 Å². The van der Waals surface area contributed by atoms with Crippen LogP contribution in [0.25, 0.3) is 32.9 Å². The predicted molar refractivity (Wildman–Crippen MR) is 89.6 cm³/mol. The molecule has 1 aromatic carbocycles. The van der Waals surface area contributed by atoms with E-state index in [-0.39, 0.29) is 11.4 Å². The number of benzene rings is 1. The maximum Gasteiger partial charge on any atom is 0.336 e. The topological polar surface area (TPSA) is 78.9 Å². The average molecular weight is 339 g/mol. The third-order valence-electron chi connectivity index (χ3n) is 3.66. The summed E-state index contributed by atoms with van der Waals surface area (Å²) in [6.07, 6.45) is 0. The zero-order chi connectivity index (χ0) is 16.7. The number of carboxylic acid groups (broad SMARTS) is 1. The Kier molecular flexibility index (Phi) is 3.35. The standard InChI is InChI=1S/C17H10FN3O2S/c18-10-5-3-9(4-6-10)15-14-11(17(22)23)8-12(13-2-1-7-24-13)19-16(14)21-20-15/h1-8H,(H,22,23)(H,19,20,21). The van der Waals surface area contributed by atoms with Gasteiger partial charge in [-0.1, -0.05) is 6.07 Å². The number of pyridine rings is 1. The first kappa shape index (κ1) is 14.5. The number of aromatic nitrogens is 3.